The Labute approximate surface area is 233 Å². The molecule has 0 aromatic rings. The lowest BCUT2D eigenvalue weighted by Crippen LogP contribution is -2.52. The van der Waals surface area contributed by atoms with Crippen LogP contribution >= 0.6 is 0 Å². The van der Waals surface area contributed by atoms with Crippen LogP contribution in [0.1, 0.15) is 65.7 Å². The molecular weight excluding hydrogens is 518 g/mol. The third-order valence-corrected chi connectivity index (χ3v) is 7.71. The summed E-state index contributed by atoms with van der Waals surface area (Å²) in [5, 5.41) is 5.20. The number of likely N-dealkylation sites (tertiary alicyclic amines) is 1. The summed E-state index contributed by atoms with van der Waals surface area (Å²) < 4.78 is 0. The van der Waals surface area contributed by atoms with Crippen LogP contribution in [-0.2, 0) is 33.6 Å². The lowest BCUT2D eigenvalue weighted by atomic mass is 9.85. The van der Waals surface area contributed by atoms with Gasteiger partial charge in [-0.05, 0) is 51.9 Å². The van der Waals surface area contributed by atoms with Gasteiger partial charge < -0.3 is 21.2 Å². The van der Waals surface area contributed by atoms with E-state index in [1.807, 2.05) is 12.2 Å². The number of carbonyl (C=O) groups is 7. The van der Waals surface area contributed by atoms with Crippen molar-refractivity contribution in [1.29, 1.82) is 0 Å². The van der Waals surface area contributed by atoms with Crippen LogP contribution in [0, 0.1) is 23.7 Å². The van der Waals surface area contributed by atoms with Gasteiger partial charge in [0.25, 0.3) is 0 Å². The fourth-order valence-corrected chi connectivity index (χ4v) is 5.76. The van der Waals surface area contributed by atoms with Gasteiger partial charge in [-0.3, -0.25) is 38.7 Å². The molecule has 0 aromatic carbocycles. The van der Waals surface area contributed by atoms with E-state index >= 15 is 0 Å². The lowest BCUT2D eigenvalue weighted by molar-refractivity contribution is -0.141. The summed E-state index contributed by atoms with van der Waals surface area (Å²) in [6.45, 7) is 4.49. The minimum Gasteiger partial charge on any atom is -0.388 e. The molecule has 2 bridgehead atoms. The van der Waals surface area contributed by atoms with E-state index in [4.69, 9.17) is 5.73 Å². The number of hydrogen-bond acceptors (Lipinski definition) is 8. The summed E-state index contributed by atoms with van der Waals surface area (Å²) in [6.07, 6.45) is 4.82. The second-order valence-electron chi connectivity index (χ2n) is 11.0. The average molecular weight is 558 g/mol. The highest BCUT2D eigenvalue weighted by atomic mass is 16.2. The number of nitrogens with two attached hydrogens (primary N) is 1. The molecule has 5 unspecified atom stereocenters. The molecule has 1 heterocycles. The maximum Gasteiger partial charge on any atom is 0.243 e. The largest absolute Gasteiger partial charge is 0.388 e. The number of aliphatic imine (C=N–C) groups is 1. The number of fused-ring (bicyclic) bond motifs is 5. The Morgan fingerprint density at radius 3 is 2.10 bits per heavy atom. The Bertz CT molecular complexity index is 1100. The highest BCUT2D eigenvalue weighted by Crippen LogP contribution is 2.52. The van der Waals surface area contributed by atoms with Crippen LogP contribution in [0.4, 0.5) is 0 Å². The van der Waals surface area contributed by atoms with Crippen molar-refractivity contribution in [2.75, 3.05) is 13.1 Å². The number of nitrogens with one attached hydrogen (secondary N) is 2. The van der Waals surface area contributed by atoms with Crippen LogP contribution in [0.5, 0.6) is 0 Å². The quantitative estimate of drug-likeness (QED) is 0.0791. The molecular formula is C28H39N5O7. The zero-order valence-corrected chi connectivity index (χ0v) is 23.3. The lowest BCUT2D eigenvalue weighted by Gasteiger charge is -2.23. The van der Waals surface area contributed by atoms with Crippen molar-refractivity contribution in [2.45, 2.75) is 77.8 Å². The molecule has 1 aliphatic heterocycles. The van der Waals surface area contributed by atoms with Crippen LogP contribution < -0.4 is 16.4 Å². The first-order valence-corrected chi connectivity index (χ1v) is 13.8. The molecule has 1 saturated carbocycles. The van der Waals surface area contributed by atoms with Crippen LogP contribution in [-0.4, -0.2) is 76.9 Å². The molecule has 3 rings (SSSR count). The standard InChI is InChI=1S/C28H39N5O7/c1-15(34)6-9-22(36)21(13-16(2)35)32-26(38)20(5-4-11-30-17(3)29)31-23(37)10-12-33-27(39)24-18-7-8-19(14-18)25(24)28(33)40/h7-8,18-21,24-25H,4-6,9-14H2,1-3H3,(H2,29,30)(H,31,37)(H,32,38)/t18?,19?,20?,21-,24?,25?/m0/s1. The summed E-state index contributed by atoms with van der Waals surface area (Å²) >= 11 is 0. The summed E-state index contributed by atoms with van der Waals surface area (Å²) in [4.78, 5) is 92.8. The van der Waals surface area contributed by atoms with Crippen LogP contribution in [0.15, 0.2) is 17.1 Å². The molecule has 1 saturated heterocycles. The first-order valence-electron chi connectivity index (χ1n) is 13.8. The molecule has 40 heavy (non-hydrogen) atoms. The Balaban J connectivity index is 1.62. The summed E-state index contributed by atoms with van der Waals surface area (Å²) in [7, 11) is 0. The molecule has 2 aliphatic carbocycles. The van der Waals surface area contributed by atoms with Crippen molar-refractivity contribution in [3.63, 3.8) is 0 Å². The second-order valence-corrected chi connectivity index (χ2v) is 11.0. The SMILES string of the molecule is CC(=O)CCC(=O)[C@H](CC(C)=O)NC(=O)C(CCCN=C(C)N)NC(=O)CCN1C(=O)C2C3C=CC(C3)C2C1=O. The fraction of sp³-hybridized carbons (Fsp3) is 0.643. The van der Waals surface area contributed by atoms with E-state index < -0.39 is 29.7 Å². The van der Waals surface area contributed by atoms with E-state index in [1.54, 1.807) is 6.92 Å². The summed E-state index contributed by atoms with van der Waals surface area (Å²) in [5.74, 6) is -2.85. The highest BCUT2D eigenvalue weighted by molar-refractivity contribution is 6.06. The maximum absolute atomic E-state index is 13.2. The van der Waals surface area contributed by atoms with E-state index in [2.05, 4.69) is 15.6 Å². The smallest absolute Gasteiger partial charge is 0.243 e. The van der Waals surface area contributed by atoms with Gasteiger partial charge >= 0.3 is 0 Å². The third-order valence-electron chi connectivity index (χ3n) is 7.71. The normalized spacial score (nSPS) is 24.6. The third kappa shape index (κ3) is 7.70. The van der Waals surface area contributed by atoms with Gasteiger partial charge in [-0.25, -0.2) is 0 Å². The number of Topliss-reactive ketones (excluding diaryl/α,β-unsaturated/α-hetero) is 3. The number of amides is 4. The molecule has 4 N–H and O–H groups in total. The zero-order valence-electron chi connectivity index (χ0n) is 23.3. The second kappa shape index (κ2) is 13.6. The van der Waals surface area contributed by atoms with Gasteiger partial charge in [0.05, 0.1) is 23.7 Å². The monoisotopic (exact) mass is 557 g/mol. The summed E-state index contributed by atoms with van der Waals surface area (Å²) in [6, 6.07) is -2.18. The number of ketones is 3. The number of carbonyl (C=O) groups excluding carboxylic acids is 7. The van der Waals surface area contributed by atoms with Crippen molar-refractivity contribution in [3.8, 4) is 0 Å². The van der Waals surface area contributed by atoms with Crippen molar-refractivity contribution >= 4 is 46.8 Å². The minimum absolute atomic E-state index is 0.00702. The molecule has 0 aromatic heterocycles. The number of rotatable bonds is 16. The molecule has 3 aliphatic rings. The molecule has 6 atom stereocenters. The molecule has 0 radical (unpaired) electrons. The Morgan fingerprint density at radius 2 is 1.55 bits per heavy atom. The van der Waals surface area contributed by atoms with Gasteiger partial charge in [0.2, 0.25) is 23.6 Å². The number of hydrogen-bond donors (Lipinski definition) is 3. The van der Waals surface area contributed by atoms with E-state index in [0.29, 0.717) is 18.8 Å². The van der Waals surface area contributed by atoms with Gasteiger partial charge in [0, 0.05) is 38.8 Å². The Morgan fingerprint density at radius 1 is 0.925 bits per heavy atom. The first-order chi connectivity index (χ1) is 18.9. The number of nitrogens with zero attached hydrogens (tertiary/aromatic N) is 2. The molecule has 2 fully saturated rings. The van der Waals surface area contributed by atoms with Gasteiger partial charge in [-0.2, -0.15) is 0 Å². The van der Waals surface area contributed by atoms with Crippen LogP contribution in [0.3, 0.4) is 0 Å². The van der Waals surface area contributed by atoms with Gasteiger partial charge in [-0.15, -0.1) is 0 Å². The number of amidine groups is 1. The van der Waals surface area contributed by atoms with E-state index in [-0.39, 0.29) is 85.7 Å². The van der Waals surface area contributed by atoms with Gasteiger partial charge in [-0.1, -0.05) is 12.2 Å². The predicted octanol–water partition coefficient (Wildman–Crippen LogP) is 0.228. The van der Waals surface area contributed by atoms with Gasteiger partial charge in [0.15, 0.2) is 5.78 Å². The Kier molecular flexibility index (Phi) is 10.5. The van der Waals surface area contributed by atoms with Crippen molar-refractivity contribution < 1.29 is 33.6 Å². The minimum atomic E-state index is -1.13. The molecule has 12 nitrogen and oxygen atoms in total. The Hall–Kier alpha value is -3.70. The van der Waals surface area contributed by atoms with Crippen molar-refractivity contribution in [3.05, 3.63) is 12.2 Å². The topological polar surface area (TPSA) is 185 Å². The fourth-order valence-electron chi connectivity index (χ4n) is 5.76. The highest BCUT2D eigenvalue weighted by Gasteiger charge is 2.59. The van der Waals surface area contributed by atoms with Crippen LogP contribution in [0.25, 0.3) is 0 Å². The molecule has 4 amide bonds. The van der Waals surface area contributed by atoms with Gasteiger partial charge in [0.1, 0.15) is 17.6 Å². The van der Waals surface area contributed by atoms with Crippen molar-refractivity contribution in [2.24, 2.45) is 34.4 Å². The summed E-state index contributed by atoms with van der Waals surface area (Å²) in [5.41, 5.74) is 5.57. The number of imide groups is 1. The zero-order chi connectivity index (χ0) is 29.6. The van der Waals surface area contributed by atoms with E-state index in [0.717, 1.165) is 11.3 Å². The van der Waals surface area contributed by atoms with Crippen LogP contribution in [0.2, 0.25) is 0 Å². The molecule has 12 heteroatoms. The first kappa shape index (κ1) is 30.8. The van der Waals surface area contributed by atoms with Crippen molar-refractivity contribution in [1.82, 2.24) is 15.5 Å². The van der Waals surface area contributed by atoms with E-state index in [1.165, 1.54) is 13.8 Å². The maximum atomic E-state index is 13.2. The average Bonchev–Trinajstić information content (AvgIpc) is 3.56. The molecule has 218 valence electrons. The predicted molar refractivity (Wildman–Crippen MR) is 145 cm³/mol. The van der Waals surface area contributed by atoms with E-state index in [9.17, 15) is 33.6 Å². The number of allylic oxidation sites excluding steroid dienone is 2. The molecule has 0 spiro atoms.